The van der Waals surface area contributed by atoms with Crippen LogP contribution in [0.2, 0.25) is 0 Å². The van der Waals surface area contributed by atoms with E-state index in [1.54, 1.807) is 55.9 Å². The number of amides is 2. The van der Waals surface area contributed by atoms with Gasteiger partial charge in [0.2, 0.25) is 0 Å². The van der Waals surface area contributed by atoms with Crippen LogP contribution in [0.3, 0.4) is 0 Å². The van der Waals surface area contributed by atoms with Crippen LogP contribution in [0.5, 0.6) is 5.75 Å². The van der Waals surface area contributed by atoms with Gasteiger partial charge >= 0.3 is 0 Å². The molecule has 3 aromatic rings. The number of benzene rings is 1. The highest BCUT2D eigenvalue weighted by Crippen LogP contribution is 2.44. The zero-order chi connectivity index (χ0) is 23.6. The van der Waals surface area contributed by atoms with Crippen molar-refractivity contribution in [3.05, 3.63) is 70.4 Å². The van der Waals surface area contributed by atoms with Gasteiger partial charge in [0.1, 0.15) is 10.8 Å². The summed E-state index contributed by atoms with van der Waals surface area (Å²) in [6.07, 6.45) is 5.93. The minimum absolute atomic E-state index is 0.188. The van der Waals surface area contributed by atoms with E-state index in [9.17, 15) is 9.59 Å². The van der Waals surface area contributed by atoms with Crippen molar-refractivity contribution >= 4 is 33.8 Å². The summed E-state index contributed by atoms with van der Waals surface area (Å²) < 4.78 is 5.20. The van der Waals surface area contributed by atoms with Gasteiger partial charge in [0, 0.05) is 28.5 Å². The fourth-order valence-electron chi connectivity index (χ4n) is 4.20. The molecule has 2 heterocycles. The molecule has 1 aromatic carbocycles. The van der Waals surface area contributed by atoms with E-state index in [0.717, 1.165) is 30.6 Å². The number of rotatable bonds is 5. The highest BCUT2D eigenvalue weighted by Gasteiger charge is 2.34. The fraction of sp³-hybridized carbons (Fsp3) is 0.346. The number of nitrogens with one attached hydrogen (secondary N) is 2. The molecule has 0 bridgehead atoms. The molecule has 2 amide bonds. The lowest BCUT2D eigenvalue weighted by Crippen LogP contribution is -2.27. The zero-order valence-electron chi connectivity index (χ0n) is 19.4. The van der Waals surface area contributed by atoms with Gasteiger partial charge in [-0.2, -0.15) is 0 Å². The Morgan fingerprint density at radius 3 is 2.36 bits per heavy atom. The van der Waals surface area contributed by atoms with Crippen molar-refractivity contribution in [3.63, 3.8) is 0 Å². The second-order valence-corrected chi connectivity index (χ2v) is 10.5. The van der Waals surface area contributed by atoms with E-state index in [1.165, 1.54) is 16.2 Å². The molecule has 4 rings (SSSR count). The van der Waals surface area contributed by atoms with Crippen LogP contribution in [0.1, 0.15) is 58.3 Å². The second kappa shape index (κ2) is 9.35. The molecule has 172 valence electrons. The summed E-state index contributed by atoms with van der Waals surface area (Å²) >= 11 is 1.52. The first-order chi connectivity index (χ1) is 15.8. The average molecular weight is 464 g/mol. The number of methoxy groups -OCH3 is 1. The van der Waals surface area contributed by atoms with Crippen molar-refractivity contribution in [2.75, 3.05) is 17.7 Å². The largest absolute Gasteiger partial charge is 0.497 e. The molecule has 2 N–H and O–H groups in total. The van der Waals surface area contributed by atoms with Gasteiger partial charge in [-0.25, -0.2) is 0 Å². The summed E-state index contributed by atoms with van der Waals surface area (Å²) in [4.78, 5) is 31.5. The molecule has 1 aliphatic carbocycles. The predicted molar refractivity (Wildman–Crippen MR) is 132 cm³/mol. The molecule has 0 fully saturated rings. The summed E-state index contributed by atoms with van der Waals surface area (Å²) in [5.74, 6) is 0.795. The molecule has 0 saturated heterocycles. The van der Waals surface area contributed by atoms with Gasteiger partial charge in [0.05, 0.1) is 12.7 Å². The molecule has 0 radical (unpaired) electrons. The van der Waals surface area contributed by atoms with Crippen LogP contribution >= 0.6 is 11.3 Å². The van der Waals surface area contributed by atoms with Crippen molar-refractivity contribution in [2.24, 2.45) is 11.3 Å². The number of carbonyl (C=O) groups is 2. The van der Waals surface area contributed by atoms with Crippen molar-refractivity contribution < 1.29 is 14.3 Å². The lowest BCUT2D eigenvalue weighted by Gasteiger charge is -2.33. The summed E-state index contributed by atoms with van der Waals surface area (Å²) in [6.45, 7) is 6.79. The fourth-order valence-corrected chi connectivity index (χ4v) is 5.52. The topological polar surface area (TPSA) is 80.3 Å². The van der Waals surface area contributed by atoms with Crippen LogP contribution in [0.4, 0.5) is 10.7 Å². The number of thiophene rings is 1. The van der Waals surface area contributed by atoms with E-state index < -0.39 is 0 Å². The molecular formula is C26H29N3O3S. The van der Waals surface area contributed by atoms with Gasteiger partial charge in [0.25, 0.3) is 11.8 Å². The van der Waals surface area contributed by atoms with Crippen molar-refractivity contribution in [3.8, 4) is 5.75 Å². The maximum absolute atomic E-state index is 13.4. The Balaban J connectivity index is 1.66. The Hall–Kier alpha value is -3.19. The number of carbonyl (C=O) groups excluding carboxylic acids is 2. The summed E-state index contributed by atoms with van der Waals surface area (Å²) in [5.41, 5.74) is 2.99. The predicted octanol–water partition coefficient (Wildman–Crippen LogP) is 5.81. The highest BCUT2D eigenvalue weighted by molar-refractivity contribution is 7.17. The highest BCUT2D eigenvalue weighted by atomic mass is 32.1. The third kappa shape index (κ3) is 5.09. The first-order valence-corrected chi connectivity index (χ1v) is 11.9. The van der Waals surface area contributed by atoms with Gasteiger partial charge < -0.3 is 15.4 Å². The zero-order valence-corrected chi connectivity index (χ0v) is 20.2. The van der Waals surface area contributed by atoms with E-state index in [-0.39, 0.29) is 17.2 Å². The molecule has 1 unspecified atom stereocenters. The van der Waals surface area contributed by atoms with Gasteiger partial charge in [-0.05, 0) is 72.6 Å². The lowest BCUT2D eigenvalue weighted by atomic mass is 9.72. The number of pyridine rings is 1. The van der Waals surface area contributed by atoms with E-state index in [0.29, 0.717) is 27.7 Å². The van der Waals surface area contributed by atoms with Crippen LogP contribution in [-0.2, 0) is 12.8 Å². The number of aromatic nitrogens is 1. The van der Waals surface area contributed by atoms with E-state index in [2.05, 4.69) is 36.4 Å². The summed E-state index contributed by atoms with van der Waals surface area (Å²) in [7, 11) is 1.60. The number of hydrogen-bond acceptors (Lipinski definition) is 5. The number of fused-ring (bicyclic) bond motifs is 1. The van der Waals surface area contributed by atoms with Crippen LogP contribution in [0, 0.1) is 11.3 Å². The SMILES string of the molecule is COc1ccc(NC(=O)c2c(NC(=O)c3ccncc3)sc3c2CCC(C(C)(C)C)C3)cc1. The Bertz CT molecular complexity index is 1150. The van der Waals surface area contributed by atoms with Crippen molar-refractivity contribution in [2.45, 2.75) is 40.0 Å². The smallest absolute Gasteiger partial charge is 0.258 e. The van der Waals surface area contributed by atoms with Gasteiger partial charge in [-0.15, -0.1) is 11.3 Å². The molecule has 7 heteroatoms. The third-order valence-corrected chi connectivity index (χ3v) is 7.40. The molecule has 6 nitrogen and oxygen atoms in total. The monoisotopic (exact) mass is 463 g/mol. The maximum Gasteiger partial charge on any atom is 0.258 e. The Morgan fingerprint density at radius 1 is 1.03 bits per heavy atom. The van der Waals surface area contributed by atoms with Gasteiger partial charge in [-0.1, -0.05) is 20.8 Å². The van der Waals surface area contributed by atoms with Crippen LogP contribution in [0.25, 0.3) is 0 Å². The summed E-state index contributed by atoms with van der Waals surface area (Å²) in [6, 6.07) is 10.5. The number of nitrogens with zero attached hydrogens (tertiary/aromatic N) is 1. The number of ether oxygens (including phenoxy) is 1. The quantitative estimate of drug-likeness (QED) is 0.501. The molecule has 0 saturated carbocycles. The first kappa shape index (κ1) is 23.0. The Morgan fingerprint density at radius 2 is 1.73 bits per heavy atom. The van der Waals surface area contributed by atoms with Gasteiger partial charge in [-0.3, -0.25) is 14.6 Å². The number of hydrogen-bond donors (Lipinski definition) is 2. The van der Waals surface area contributed by atoms with E-state index in [1.807, 2.05) is 0 Å². The van der Waals surface area contributed by atoms with Crippen LogP contribution in [0.15, 0.2) is 48.8 Å². The molecule has 0 aliphatic heterocycles. The summed E-state index contributed by atoms with van der Waals surface area (Å²) in [5, 5.41) is 6.58. The van der Waals surface area contributed by atoms with Crippen molar-refractivity contribution in [1.29, 1.82) is 0 Å². The Labute approximate surface area is 198 Å². The molecule has 2 aromatic heterocycles. The molecular weight excluding hydrogens is 434 g/mol. The van der Waals surface area contributed by atoms with Crippen molar-refractivity contribution in [1.82, 2.24) is 4.98 Å². The Kier molecular flexibility index (Phi) is 6.51. The second-order valence-electron chi connectivity index (χ2n) is 9.39. The molecule has 1 atom stereocenters. The first-order valence-electron chi connectivity index (χ1n) is 11.1. The third-order valence-electron chi connectivity index (χ3n) is 6.23. The van der Waals surface area contributed by atoms with Crippen LogP contribution in [-0.4, -0.2) is 23.9 Å². The van der Waals surface area contributed by atoms with E-state index >= 15 is 0 Å². The molecule has 33 heavy (non-hydrogen) atoms. The average Bonchev–Trinajstić information content (AvgIpc) is 3.16. The standard InChI is InChI=1S/C26H29N3O3S/c1-26(2,3)17-5-10-20-21(15-17)33-25(29-23(30)16-11-13-27-14-12-16)22(20)24(31)28-18-6-8-19(32-4)9-7-18/h6-9,11-14,17H,5,10,15H2,1-4H3,(H,28,31)(H,29,30). The van der Waals surface area contributed by atoms with E-state index in [4.69, 9.17) is 4.74 Å². The maximum atomic E-state index is 13.4. The minimum atomic E-state index is -0.248. The van der Waals surface area contributed by atoms with Crippen LogP contribution < -0.4 is 15.4 Å². The number of anilines is 2. The molecule has 1 aliphatic rings. The lowest BCUT2D eigenvalue weighted by molar-refractivity contribution is 0.102. The molecule has 0 spiro atoms. The normalized spacial score (nSPS) is 15.5. The van der Waals surface area contributed by atoms with Gasteiger partial charge in [0.15, 0.2) is 0 Å². The minimum Gasteiger partial charge on any atom is -0.497 e.